The Morgan fingerprint density at radius 3 is 2.67 bits per heavy atom. The van der Waals surface area contributed by atoms with Gasteiger partial charge in [0.1, 0.15) is 5.82 Å². The van der Waals surface area contributed by atoms with E-state index in [1.807, 2.05) is 36.4 Å². The van der Waals surface area contributed by atoms with E-state index in [1.54, 1.807) is 17.8 Å². The Bertz CT molecular complexity index is 606. The van der Waals surface area contributed by atoms with Gasteiger partial charge in [-0.2, -0.15) is 11.8 Å². The van der Waals surface area contributed by atoms with E-state index in [2.05, 4.69) is 21.2 Å². The number of carbonyl (C=O) groups is 1. The highest BCUT2D eigenvalue weighted by molar-refractivity contribution is 9.10. The Hall–Kier alpha value is -1.33. The van der Waals surface area contributed by atoms with Crippen molar-refractivity contribution >= 4 is 39.3 Å². The fourth-order valence-corrected chi connectivity index (χ4v) is 2.99. The third kappa shape index (κ3) is 5.52. The molecule has 110 valence electrons. The molecule has 2 aromatic carbocycles. The normalized spacial score (nSPS) is 10.4. The van der Waals surface area contributed by atoms with Crippen LogP contribution in [0.2, 0.25) is 0 Å². The zero-order valence-corrected chi connectivity index (χ0v) is 13.7. The summed E-state index contributed by atoms with van der Waals surface area (Å²) >= 11 is 4.78. The number of hydrogen-bond donors (Lipinski definition) is 1. The fourth-order valence-electron chi connectivity index (χ4n) is 1.73. The summed E-state index contributed by atoms with van der Waals surface area (Å²) in [6, 6.07) is 14.4. The van der Waals surface area contributed by atoms with Crippen LogP contribution in [0.3, 0.4) is 0 Å². The second-order valence-electron chi connectivity index (χ2n) is 4.45. The van der Waals surface area contributed by atoms with Gasteiger partial charge in [-0.3, -0.25) is 4.79 Å². The SMILES string of the molecule is O=C(CCSCc1ccc(Br)cc1F)Nc1ccccc1. The van der Waals surface area contributed by atoms with Gasteiger partial charge >= 0.3 is 0 Å². The van der Waals surface area contributed by atoms with Gasteiger partial charge in [0.05, 0.1) is 0 Å². The summed E-state index contributed by atoms with van der Waals surface area (Å²) in [6.45, 7) is 0. The van der Waals surface area contributed by atoms with E-state index in [1.165, 1.54) is 6.07 Å². The van der Waals surface area contributed by atoms with Gasteiger partial charge < -0.3 is 5.32 Å². The summed E-state index contributed by atoms with van der Waals surface area (Å²) in [6.07, 6.45) is 0.414. The predicted octanol–water partition coefficient (Wildman–Crippen LogP) is 4.85. The molecular weight excluding hydrogens is 353 g/mol. The third-order valence-corrected chi connectivity index (χ3v) is 4.30. The first-order chi connectivity index (χ1) is 10.1. The maximum Gasteiger partial charge on any atom is 0.225 e. The number of rotatable bonds is 6. The van der Waals surface area contributed by atoms with E-state index < -0.39 is 0 Å². The molecule has 0 unspecified atom stereocenters. The van der Waals surface area contributed by atoms with Gasteiger partial charge in [-0.05, 0) is 29.8 Å². The lowest BCUT2D eigenvalue weighted by Gasteiger charge is -2.06. The molecule has 0 radical (unpaired) electrons. The Labute approximate surface area is 136 Å². The topological polar surface area (TPSA) is 29.1 Å². The molecular formula is C16H15BrFNOS. The van der Waals surface area contributed by atoms with Crippen molar-refractivity contribution in [3.05, 3.63) is 64.4 Å². The van der Waals surface area contributed by atoms with Gasteiger partial charge in [0, 0.05) is 28.1 Å². The first kappa shape index (κ1) is 16.0. The number of amides is 1. The molecule has 21 heavy (non-hydrogen) atoms. The summed E-state index contributed by atoms with van der Waals surface area (Å²) in [4.78, 5) is 11.7. The molecule has 2 aromatic rings. The molecule has 0 heterocycles. The highest BCUT2D eigenvalue weighted by Gasteiger charge is 2.05. The molecule has 0 aliphatic heterocycles. The third-order valence-electron chi connectivity index (χ3n) is 2.80. The molecule has 1 amide bonds. The molecule has 0 saturated carbocycles. The van der Waals surface area contributed by atoms with Gasteiger partial charge in [0.2, 0.25) is 5.91 Å². The second-order valence-corrected chi connectivity index (χ2v) is 6.47. The van der Waals surface area contributed by atoms with Crippen LogP contribution in [-0.4, -0.2) is 11.7 Å². The molecule has 5 heteroatoms. The molecule has 2 rings (SSSR count). The zero-order chi connectivity index (χ0) is 15.1. The van der Waals surface area contributed by atoms with Crippen molar-refractivity contribution in [1.29, 1.82) is 0 Å². The van der Waals surface area contributed by atoms with Gasteiger partial charge in [-0.1, -0.05) is 40.2 Å². The Kier molecular flexibility index (Phi) is 6.26. The van der Waals surface area contributed by atoms with Crippen LogP contribution in [0.5, 0.6) is 0 Å². The fraction of sp³-hybridized carbons (Fsp3) is 0.188. The van der Waals surface area contributed by atoms with Crippen molar-refractivity contribution in [3.8, 4) is 0 Å². The smallest absolute Gasteiger partial charge is 0.225 e. The van der Waals surface area contributed by atoms with Gasteiger partial charge in [0.15, 0.2) is 0 Å². The van der Waals surface area contributed by atoms with Crippen molar-refractivity contribution in [2.75, 3.05) is 11.1 Å². The summed E-state index contributed by atoms with van der Waals surface area (Å²) in [7, 11) is 0. The van der Waals surface area contributed by atoms with Crippen LogP contribution < -0.4 is 5.32 Å². The van der Waals surface area contributed by atoms with E-state index in [-0.39, 0.29) is 11.7 Å². The number of anilines is 1. The molecule has 0 fully saturated rings. The van der Waals surface area contributed by atoms with Crippen LogP contribution in [0.25, 0.3) is 0 Å². The minimum atomic E-state index is -0.217. The number of halogens is 2. The second kappa shape index (κ2) is 8.20. The highest BCUT2D eigenvalue weighted by atomic mass is 79.9. The van der Waals surface area contributed by atoms with Crippen molar-refractivity contribution in [3.63, 3.8) is 0 Å². The number of hydrogen-bond acceptors (Lipinski definition) is 2. The number of thioether (sulfide) groups is 1. The van der Waals surface area contributed by atoms with Crippen molar-refractivity contribution in [2.24, 2.45) is 0 Å². The first-order valence-electron chi connectivity index (χ1n) is 6.52. The standard InChI is InChI=1S/C16H15BrFNOS/c17-13-7-6-12(15(18)10-13)11-21-9-8-16(20)19-14-4-2-1-3-5-14/h1-7,10H,8-9,11H2,(H,19,20). The van der Waals surface area contributed by atoms with Crippen LogP contribution in [-0.2, 0) is 10.5 Å². The highest BCUT2D eigenvalue weighted by Crippen LogP contribution is 2.20. The summed E-state index contributed by atoms with van der Waals surface area (Å²) in [5.41, 5.74) is 1.46. The molecule has 0 bridgehead atoms. The molecule has 0 aromatic heterocycles. The Morgan fingerprint density at radius 1 is 1.19 bits per heavy atom. The molecule has 0 aliphatic rings. The lowest BCUT2D eigenvalue weighted by Crippen LogP contribution is -2.12. The summed E-state index contributed by atoms with van der Waals surface area (Å²) in [5.74, 6) is 0.988. The van der Waals surface area contributed by atoms with Gasteiger partial charge in [-0.15, -0.1) is 0 Å². The van der Waals surface area contributed by atoms with Crippen LogP contribution >= 0.6 is 27.7 Å². The Balaban J connectivity index is 1.71. The average molecular weight is 368 g/mol. The Morgan fingerprint density at radius 2 is 1.95 bits per heavy atom. The molecule has 2 nitrogen and oxygen atoms in total. The molecule has 0 atom stereocenters. The molecule has 0 saturated heterocycles. The maximum atomic E-state index is 13.6. The van der Waals surface area contributed by atoms with Gasteiger partial charge in [-0.25, -0.2) is 4.39 Å². The lowest BCUT2D eigenvalue weighted by atomic mass is 10.2. The first-order valence-corrected chi connectivity index (χ1v) is 8.46. The van der Waals surface area contributed by atoms with E-state index >= 15 is 0 Å². The quantitative estimate of drug-likeness (QED) is 0.739. The number of benzene rings is 2. The van der Waals surface area contributed by atoms with Crippen LogP contribution in [0.4, 0.5) is 10.1 Å². The van der Waals surface area contributed by atoms with Crippen LogP contribution in [0.1, 0.15) is 12.0 Å². The van der Waals surface area contributed by atoms with E-state index in [9.17, 15) is 9.18 Å². The average Bonchev–Trinajstić information content (AvgIpc) is 2.46. The van der Waals surface area contributed by atoms with Crippen molar-refractivity contribution in [1.82, 2.24) is 0 Å². The van der Waals surface area contributed by atoms with Gasteiger partial charge in [0.25, 0.3) is 0 Å². The maximum absolute atomic E-state index is 13.6. The summed E-state index contributed by atoms with van der Waals surface area (Å²) < 4.78 is 14.3. The molecule has 0 aliphatic carbocycles. The van der Waals surface area contributed by atoms with E-state index in [4.69, 9.17) is 0 Å². The monoisotopic (exact) mass is 367 g/mol. The van der Waals surface area contributed by atoms with Crippen molar-refractivity contribution < 1.29 is 9.18 Å². The minimum absolute atomic E-state index is 0.0232. The number of nitrogens with one attached hydrogen (secondary N) is 1. The lowest BCUT2D eigenvalue weighted by molar-refractivity contribution is -0.115. The largest absolute Gasteiger partial charge is 0.326 e. The van der Waals surface area contributed by atoms with Crippen LogP contribution in [0.15, 0.2) is 53.0 Å². The number of carbonyl (C=O) groups excluding carboxylic acids is 1. The molecule has 1 N–H and O–H groups in total. The summed E-state index contributed by atoms with van der Waals surface area (Å²) in [5, 5.41) is 2.83. The van der Waals surface area contributed by atoms with Crippen LogP contribution in [0, 0.1) is 5.82 Å². The van der Waals surface area contributed by atoms with Crippen molar-refractivity contribution in [2.45, 2.75) is 12.2 Å². The minimum Gasteiger partial charge on any atom is -0.326 e. The van der Waals surface area contributed by atoms with E-state index in [0.29, 0.717) is 23.5 Å². The van der Waals surface area contributed by atoms with E-state index in [0.717, 1.165) is 10.2 Å². The number of para-hydroxylation sites is 1. The zero-order valence-electron chi connectivity index (χ0n) is 11.3. The predicted molar refractivity (Wildman–Crippen MR) is 90.0 cm³/mol. The molecule has 0 spiro atoms.